The molecule has 210 valence electrons. The number of benzene rings is 4. The van der Waals surface area contributed by atoms with E-state index in [1.807, 2.05) is 0 Å². The fourth-order valence-corrected chi connectivity index (χ4v) is 4.18. The molecule has 0 unspecified atom stereocenters. The summed E-state index contributed by atoms with van der Waals surface area (Å²) in [7, 11) is 0. The van der Waals surface area contributed by atoms with Gasteiger partial charge in [-0.1, -0.05) is 46.8 Å². The Bertz CT molecular complexity index is 1840. The number of halogens is 6. The molecule has 2 heterocycles. The van der Waals surface area contributed by atoms with Crippen molar-refractivity contribution in [2.45, 2.75) is 12.4 Å². The molecular formula is C28H16F6N8. The molecule has 0 aliphatic rings. The van der Waals surface area contributed by atoms with Crippen LogP contribution >= 0.6 is 0 Å². The third kappa shape index (κ3) is 5.21. The van der Waals surface area contributed by atoms with Crippen LogP contribution in [0.3, 0.4) is 0 Å². The predicted octanol–water partition coefficient (Wildman–Crippen LogP) is 7.07. The van der Waals surface area contributed by atoms with Crippen molar-refractivity contribution in [1.29, 1.82) is 0 Å². The molecule has 0 aliphatic heterocycles. The Morgan fingerprint density at radius 2 is 0.929 bits per heavy atom. The largest absolute Gasteiger partial charge is 0.416 e. The van der Waals surface area contributed by atoms with E-state index in [1.54, 1.807) is 48.5 Å². The first-order valence-electron chi connectivity index (χ1n) is 12.2. The molecule has 0 saturated carbocycles. The van der Waals surface area contributed by atoms with Crippen LogP contribution in [0.15, 0.2) is 107 Å². The Labute approximate surface area is 232 Å². The molecule has 0 radical (unpaired) electrons. The van der Waals surface area contributed by atoms with Gasteiger partial charge < -0.3 is 0 Å². The Morgan fingerprint density at radius 1 is 0.524 bits per heavy atom. The highest BCUT2D eigenvalue weighted by Gasteiger charge is 2.32. The minimum atomic E-state index is -4.65. The summed E-state index contributed by atoms with van der Waals surface area (Å²) in [5.41, 5.74) is -0.481. The second-order valence-corrected chi connectivity index (χ2v) is 8.95. The maximum absolute atomic E-state index is 13.6. The zero-order valence-corrected chi connectivity index (χ0v) is 21.1. The van der Waals surface area contributed by atoms with Crippen molar-refractivity contribution in [2.24, 2.45) is 9.98 Å². The maximum Gasteiger partial charge on any atom is 0.416 e. The fraction of sp³-hybridized carbons (Fsp3) is 0.0714. The lowest BCUT2D eigenvalue weighted by molar-refractivity contribution is -0.138. The topological polar surface area (TPSA) is 86.1 Å². The molecular weight excluding hydrogens is 562 g/mol. The highest BCUT2D eigenvalue weighted by atomic mass is 19.4. The van der Waals surface area contributed by atoms with E-state index in [0.29, 0.717) is 22.1 Å². The van der Waals surface area contributed by atoms with Gasteiger partial charge in [-0.2, -0.15) is 35.7 Å². The van der Waals surface area contributed by atoms with E-state index in [0.717, 1.165) is 24.3 Å². The fourth-order valence-electron chi connectivity index (χ4n) is 4.18. The van der Waals surface area contributed by atoms with Gasteiger partial charge in [0.05, 0.1) is 33.5 Å². The number of para-hydroxylation sites is 2. The van der Waals surface area contributed by atoms with Gasteiger partial charge in [-0.15, -0.1) is 10.2 Å². The summed E-state index contributed by atoms with van der Waals surface area (Å²) >= 11 is 0. The Kier molecular flexibility index (Phi) is 6.52. The van der Waals surface area contributed by atoms with Crippen molar-refractivity contribution in [1.82, 2.24) is 30.0 Å². The number of hydrogen-bond donors (Lipinski definition) is 0. The predicted molar refractivity (Wildman–Crippen MR) is 143 cm³/mol. The van der Waals surface area contributed by atoms with Gasteiger partial charge in [0.1, 0.15) is 11.0 Å². The maximum atomic E-state index is 13.6. The second kappa shape index (κ2) is 10.2. The van der Waals surface area contributed by atoms with E-state index in [-0.39, 0.29) is 23.0 Å². The summed E-state index contributed by atoms with van der Waals surface area (Å²) in [4.78, 5) is 8.98. The van der Waals surface area contributed by atoms with Crippen molar-refractivity contribution in [2.75, 3.05) is 0 Å². The first-order valence-corrected chi connectivity index (χ1v) is 12.2. The molecule has 2 aromatic heterocycles. The highest BCUT2D eigenvalue weighted by Crippen LogP contribution is 2.33. The zero-order valence-electron chi connectivity index (χ0n) is 21.1. The van der Waals surface area contributed by atoms with Crippen LogP contribution in [0.5, 0.6) is 0 Å². The summed E-state index contributed by atoms with van der Waals surface area (Å²) in [5, 5.41) is 16.6. The Balaban J connectivity index is 1.67. The van der Waals surface area contributed by atoms with Crippen LogP contribution in [0.1, 0.15) is 11.1 Å². The summed E-state index contributed by atoms with van der Waals surface area (Å²) in [5.74, 6) is -0.341. The summed E-state index contributed by atoms with van der Waals surface area (Å²) < 4.78 is 83.8. The number of aliphatic imine (C=N–C) groups is 2. The minimum Gasteiger partial charge on any atom is -0.226 e. The number of nitrogens with zero attached hydrogens (tertiary/aromatic N) is 8. The van der Waals surface area contributed by atoms with E-state index in [9.17, 15) is 26.3 Å². The van der Waals surface area contributed by atoms with Crippen LogP contribution in [0, 0.1) is 0 Å². The lowest BCUT2D eigenvalue weighted by atomic mass is 10.2. The minimum absolute atomic E-state index is 0.124. The van der Waals surface area contributed by atoms with Crippen molar-refractivity contribution in [3.63, 3.8) is 0 Å². The summed E-state index contributed by atoms with van der Waals surface area (Å²) in [6, 6.07) is 22.0. The highest BCUT2D eigenvalue weighted by molar-refractivity contribution is 6.43. The lowest BCUT2D eigenvalue weighted by Crippen LogP contribution is -2.31. The monoisotopic (exact) mass is 578 g/mol. The first-order chi connectivity index (χ1) is 20.1. The molecule has 0 atom stereocenters. The van der Waals surface area contributed by atoms with Crippen LogP contribution in [-0.4, -0.2) is 41.7 Å². The van der Waals surface area contributed by atoms with Gasteiger partial charge in [-0.3, -0.25) is 0 Å². The zero-order chi connectivity index (χ0) is 29.5. The van der Waals surface area contributed by atoms with Crippen molar-refractivity contribution >= 4 is 45.1 Å². The summed E-state index contributed by atoms with van der Waals surface area (Å²) in [6.07, 6.45) is -9.30. The Hall–Kier alpha value is -5.40. The van der Waals surface area contributed by atoms with Gasteiger partial charge in [-0.05, 0) is 60.7 Å². The van der Waals surface area contributed by atoms with Gasteiger partial charge in [0.15, 0.2) is 0 Å². The standard InChI is InChI=1S/C28H16F6N8/c29-27(30,31)17-7-5-9-19(15-17)35-25(41-23-13-3-1-11-21(23)37-39-41)26(42-24-14-4-2-12-22(24)38-40-42)36-20-10-6-8-18(16-20)28(32,33)34/h1-16H. The van der Waals surface area contributed by atoms with E-state index >= 15 is 0 Å². The van der Waals surface area contributed by atoms with E-state index in [4.69, 9.17) is 0 Å². The second-order valence-electron chi connectivity index (χ2n) is 8.95. The summed E-state index contributed by atoms with van der Waals surface area (Å²) in [6.45, 7) is 0. The number of aromatic nitrogens is 6. The van der Waals surface area contributed by atoms with E-state index in [1.165, 1.54) is 33.6 Å². The van der Waals surface area contributed by atoms with E-state index < -0.39 is 23.5 Å². The van der Waals surface area contributed by atoms with Crippen molar-refractivity contribution in [3.8, 4) is 0 Å². The molecule has 42 heavy (non-hydrogen) atoms. The van der Waals surface area contributed by atoms with Gasteiger partial charge in [0, 0.05) is 0 Å². The van der Waals surface area contributed by atoms with Crippen molar-refractivity contribution < 1.29 is 26.3 Å². The molecule has 0 fully saturated rings. The molecule has 8 nitrogen and oxygen atoms in total. The smallest absolute Gasteiger partial charge is 0.226 e. The molecule has 0 N–H and O–H groups in total. The number of alkyl halides is 6. The Morgan fingerprint density at radius 3 is 1.33 bits per heavy atom. The molecule has 0 amide bonds. The van der Waals surface area contributed by atoms with Crippen LogP contribution < -0.4 is 0 Å². The first kappa shape index (κ1) is 26.8. The SMILES string of the molecule is FC(F)(F)c1cccc(N=C(C(=Nc2cccc(C(F)(F)F)c2)n2nnc3ccccc32)n2nnc3ccccc32)c1. The van der Waals surface area contributed by atoms with Crippen molar-refractivity contribution in [3.05, 3.63) is 108 Å². The molecule has 0 bridgehead atoms. The average molecular weight is 578 g/mol. The van der Waals surface area contributed by atoms with Gasteiger partial charge in [-0.25, -0.2) is 9.98 Å². The lowest BCUT2D eigenvalue weighted by Gasteiger charge is -2.13. The number of fused-ring (bicyclic) bond motifs is 2. The van der Waals surface area contributed by atoms with E-state index in [2.05, 4.69) is 30.6 Å². The third-order valence-corrected chi connectivity index (χ3v) is 6.12. The molecule has 6 rings (SSSR count). The molecule has 0 saturated heterocycles. The average Bonchev–Trinajstić information content (AvgIpc) is 3.59. The quantitative estimate of drug-likeness (QED) is 0.125. The van der Waals surface area contributed by atoms with Crippen LogP contribution in [0.4, 0.5) is 37.7 Å². The number of hydrogen-bond acceptors (Lipinski definition) is 6. The third-order valence-electron chi connectivity index (χ3n) is 6.12. The van der Waals surface area contributed by atoms with Gasteiger partial charge in [0.2, 0.25) is 11.7 Å². The molecule has 4 aromatic carbocycles. The normalized spacial score (nSPS) is 13.3. The van der Waals surface area contributed by atoms with Gasteiger partial charge >= 0.3 is 12.4 Å². The van der Waals surface area contributed by atoms with Gasteiger partial charge in [0.25, 0.3) is 0 Å². The van der Waals surface area contributed by atoms with Crippen LogP contribution in [-0.2, 0) is 12.4 Å². The van der Waals surface area contributed by atoms with Crippen LogP contribution in [0.2, 0.25) is 0 Å². The molecule has 0 spiro atoms. The molecule has 0 aliphatic carbocycles. The molecule has 14 heteroatoms. The van der Waals surface area contributed by atoms with Crippen LogP contribution in [0.25, 0.3) is 22.1 Å². The molecule has 6 aromatic rings. The number of rotatable bonds is 2.